The predicted molar refractivity (Wildman–Crippen MR) is 70.6 cm³/mol. The van der Waals surface area contributed by atoms with E-state index in [1.165, 1.54) is 12.1 Å². The van der Waals surface area contributed by atoms with Gasteiger partial charge in [0.05, 0.1) is 4.90 Å². The standard InChI is InChI=1S/C12H15N3O4S/c1-8-2-4-9(5-3-8)20(18,19)15-10(12(17)14-13)6-7-11(15)16/h2-5,10H,6-7,13H2,1H3,(H,14,17). The van der Waals surface area contributed by atoms with Gasteiger partial charge >= 0.3 is 0 Å². The number of amides is 2. The third kappa shape index (κ3) is 2.39. The van der Waals surface area contributed by atoms with Gasteiger partial charge in [-0.1, -0.05) is 17.7 Å². The van der Waals surface area contributed by atoms with E-state index in [0.29, 0.717) is 4.31 Å². The third-order valence-corrected chi connectivity index (χ3v) is 5.03. The summed E-state index contributed by atoms with van der Waals surface area (Å²) in [6, 6.07) is 5.00. The smallest absolute Gasteiger partial charge is 0.267 e. The number of sulfonamides is 1. The Morgan fingerprint density at radius 2 is 1.95 bits per heavy atom. The molecule has 0 bridgehead atoms. The average molecular weight is 297 g/mol. The zero-order valence-corrected chi connectivity index (χ0v) is 11.7. The highest BCUT2D eigenvalue weighted by Gasteiger charge is 2.43. The molecule has 0 saturated carbocycles. The molecule has 0 aliphatic carbocycles. The van der Waals surface area contributed by atoms with Crippen LogP contribution in [0.3, 0.4) is 0 Å². The Labute approximate surface area is 116 Å². The number of carbonyl (C=O) groups excluding carboxylic acids is 2. The van der Waals surface area contributed by atoms with Gasteiger partial charge in [-0.05, 0) is 25.5 Å². The molecule has 108 valence electrons. The number of nitrogens with one attached hydrogen (secondary N) is 1. The summed E-state index contributed by atoms with van der Waals surface area (Å²) in [5.41, 5.74) is 2.79. The lowest BCUT2D eigenvalue weighted by Crippen LogP contribution is -2.49. The Kier molecular flexibility index (Phi) is 3.78. The maximum Gasteiger partial charge on any atom is 0.267 e. The van der Waals surface area contributed by atoms with Gasteiger partial charge in [0.15, 0.2) is 0 Å². The van der Waals surface area contributed by atoms with E-state index < -0.39 is 27.9 Å². The van der Waals surface area contributed by atoms with Crippen molar-refractivity contribution in [2.45, 2.75) is 30.7 Å². The van der Waals surface area contributed by atoms with Gasteiger partial charge in [0.1, 0.15) is 6.04 Å². The highest BCUT2D eigenvalue weighted by atomic mass is 32.2. The molecule has 2 rings (SSSR count). The number of rotatable bonds is 3. The summed E-state index contributed by atoms with van der Waals surface area (Å²) in [5, 5.41) is 0. The van der Waals surface area contributed by atoms with E-state index in [1.54, 1.807) is 12.1 Å². The monoisotopic (exact) mass is 297 g/mol. The van der Waals surface area contributed by atoms with Crippen LogP contribution in [-0.4, -0.2) is 30.6 Å². The van der Waals surface area contributed by atoms with Crippen LogP contribution in [0.2, 0.25) is 0 Å². The molecule has 1 unspecified atom stereocenters. The first-order valence-corrected chi connectivity index (χ1v) is 7.46. The van der Waals surface area contributed by atoms with Crippen molar-refractivity contribution >= 4 is 21.8 Å². The molecule has 20 heavy (non-hydrogen) atoms. The summed E-state index contributed by atoms with van der Waals surface area (Å²) in [4.78, 5) is 23.4. The molecular weight excluding hydrogens is 282 g/mol. The van der Waals surface area contributed by atoms with Gasteiger partial charge in [0, 0.05) is 6.42 Å². The number of carbonyl (C=O) groups is 2. The van der Waals surface area contributed by atoms with E-state index in [0.717, 1.165) is 5.56 Å². The number of aryl methyl sites for hydroxylation is 1. The number of hydrogen-bond donors (Lipinski definition) is 2. The molecule has 1 atom stereocenters. The van der Waals surface area contributed by atoms with E-state index >= 15 is 0 Å². The zero-order valence-electron chi connectivity index (χ0n) is 10.9. The summed E-state index contributed by atoms with van der Waals surface area (Å²) in [6.07, 6.45) is 0.135. The highest BCUT2D eigenvalue weighted by molar-refractivity contribution is 7.89. The maximum atomic E-state index is 12.5. The average Bonchev–Trinajstić information content (AvgIpc) is 2.81. The molecule has 1 fully saturated rings. The van der Waals surface area contributed by atoms with Gasteiger partial charge < -0.3 is 0 Å². The van der Waals surface area contributed by atoms with E-state index in [9.17, 15) is 18.0 Å². The lowest BCUT2D eigenvalue weighted by atomic mass is 10.2. The lowest BCUT2D eigenvalue weighted by molar-refractivity contribution is -0.130. The minimum absolute atomic E-state index is 0.00315. The fourth-order valence-electron chi connectivity index (χ4n) is 2.12. The lowest BCUT2D eigenvalue weighted by Gasteiger charge is -2.22. The van der Waals surface area contributed by atoms with Gasteiger partial charge in [-0.3, -0.25) is 15.0 Å². The van der Waals surface area contributed by atoms with Crippen LogP contribution in [0.5, 0.6) is 0 Å². The molecule has 0 radical (unpaired) electrons. The van der Waals surface area contributed by atoms with Crippen LogP contribution < -0.4 is 11.3 Å². The third-order valence-electron chi connectivity index (χ3n) is 3.18. The van der Waals surface area contributed by atoms with Crippen LogP contribution in [0.4, 0.5) is 0 Å². The molecule has 1 aliphatic rings. The second kappa shape index (κ2) is 5.22. The Bertz CT molecular complexity index is 639. The molecule has 0 spiro atoms. The predicted octanol–water partition coefficient (Wildman–Crippen LogP) is -0.335. The molecule has 0 aromatic heterocycles. The van der Waals surface area contributed by atoms with Crippen molar-refractivity contribution in [2.75, 3.05) is 0 Å². The molecule has 1 aromatic rings. The van der Waals surface area contributed by atoms with Crippen LogP contribution in [0.1, 0.15) is 18.4 Å². The fraction of sp³-hybridized carbons (Fsp3) is 0.333. The highest BCUT2D eigenvalue weighted by Crippen LogP contribution is 2.27. The SMILES string of the molecule is Cc1ccc(S(=O)(=O)N2C(=O)CCC2C(=O)NN)cc1. The van der Waals surface area contributed by atoms with Crippen LogP contribution in [0.25, 0.3) is 0 Å². The summed E-state index contributed by atoms with van der Waals surface area (Å²) in [6.45, 7) is 1.82. The van der Waals surface area contributed by atoms with Crippen molar-refractivity contribution in [1.82, 2.24) is 9.73 Å². The van der Waals surface area contributed by atoms with Gasteiger partial charge in [-0.2, -0.15) is 0 Å². The number of hydrazine groups is 1. The molecule has 2 amide bonds. The van der Waals surface area contributed by atoms with Crippen LogP contribution >= 0.6 is 0 Å². The first-order valence-electron chi connectivity index (χ1n) is 6.02. The van der Waals surface area contributed by atoms with Crippen molar-refractivity contribution < 1.29 is 18.0 Å². The Morgan fingerprint density at radius 1 is 1.35 bits per heavy atom. The fourth-order valence-corrected chi connectivity index (χ4v) is 3.72. The molecule has 1 heterocycles. The topological polar surface area (TPSA) is 110 Å². The second-order valence-electron chi connectivity index (χ2n) is 4.57. The van der Waals surface area contributed by atoms with E-state index in [2.05, 4.69) is 0 Å². The van der Waals surface area contributed by atoms with Crippen LogP contribution in [0, 0.1) is 6.92 Å². The summed E-state index contributed by atoms with van der Waals surface area (Å²) in [5.74, 6) is 3.74. The minimum atomic E-state index is -4.04. The first kappa shape index (κ1) is 14.5. The van der Waals surface area contributed by atoms with Gasteiger partial charge in [0.25, 0.3) is 15.9 Å². The Hall–Kier alpha value is -1.93. The van der Waals surface area contributed by atoms with E-state index in [-0.39, 0.29) is 17.7 Å². The maximum absolute atomic E-state index is 12.5. The number of nitrogens with two attached hydrogens (primary N) is 1. The van der Waals surface area contributed by atoms with Crippen molar-refractivity contribution in [2.24, 2.45) is 5.84 Å². The second-order valence-corrected chi connectivity index (χ2v) is 6.39. The molecule has 1 aromatic carbocycles. The normalized spacial score (nSPS) is 19.2. The van der Waals surface area contributed by atoms with Gasteiger partial charge in [-0.15, -0.1) is 0 Å². The van der Waals surface area contributed by atoms with Crippen molar-refractivity contribution in [3.05, 3.63) is 29.8 Å². The quantitative estimate of drug-likeness (QED) is 0.451. The van der Waals surface area contributed by atoms with Crippen molar-refractivity contribution in [3.8, 4) is 0 Å². The Balaban J connectivity index is 2.43. The number of benzene rings is 1. The van der Waals surface area contributed by atoms with Gasteiger partial charge in [-0.25, -0.2) is 18.6 Å². The van der Waals surface area contributed by atoms with Gasteiger partial charge in [0.2, 0.25) is 5.91 Å². The number of hydrogen-bond acceptors (Lipinski definition) is 5. The molecule has 7 nitrogen and oxygen atoms in total. The molecule has 1 aliphatic heterocycles. The Morgan fingerprint density at radius 3 is 2.50 bits per heavy atom. The zero-order chi connectivity index (χ0) is 14.9. The van der Waals surface area contributed by atoms with Crippen molar-refractivity contribution in [1.29, 1.82) is 0 Å². The largest absolute Gasteiger partial charge is 0.292 e. The molecule has 1 saturated heterocycles. The number of nitrogens with zero attached hydrogens (tertiary/aromatic N) is 1. The summed E-state index contributed by atoms with van der Waals surface area (Å²) < 4.78 is 25.6. The molecule has 8 heteroatoms. The first-order chi connectivity index (χ1) is 9.37. The van der Waals surface area contributed by atoms with E-state index in [4.69, 9.17) is 5.84 Å². The summed E-state index contributed by atoms with van der Waals surface area (Å²) >= 11 is 0. The van der Waals surface area contributed by atoms with E-state index in [1.807, 2.05) is 12.3 Å². The summed E-state index contributed by atoms with van der Waals surface area (Å²) in [7, 11) is -4.04. The van der Waals surface area contributed by atoms with Crippen LogP contribution in [0.15, 0.2) is 29.2 Å². The van der Waals surface area contributed by atoms with Crippen LogP contribution in [-0.2, 0) is 19.6 Å². The molecular formula is C12H15N3O4S. The molecule has 3 N–H and O–H groups in total. The minimum Gasteiger partial charge on any atom is -0.292 e. The van der Waals surface area contributed by atoms with Crippen molar-refractivity contribution in [3.63, 3.8) is 0 Å².